The van der Waals surface area contributed by atoms with Crippen LogP contribution in [0.2, 0.25) is 0 Å². The van der Waals surface area contributed by atoms with Gasteiger partial charge in [-0.2, -0.15) is 0 Å². The molecule has 0 unspecified atom stereocenters. The first-order chi connectivity index (χ1) is 8.44. The molecule has 3 nitrogen and oxygen atoms in total. The van der Waals surface area contributed by atoms with Gasteiger partial charge in [0.1, 0.15) is 5.60 Å². The molecule has 1 fully saturated rings. The first kappa shape index (κ1) is 13.1. The molecule has 0 bridgehead atoms. The zero-order chi connectivity index (χ0) is 13.2. The Kier molecular flexibility index (Phi) is 3.69. The SMILES string of the molecule is CC(C)(C)OC(=O)c1cncc(CC2CCC2)c1. The first-order valence-electron chi connectivity index (χ1n) is 6.61. The van der Waals surface area contributed by atoms with Gasteiger partial charge in [0.05, 0.1) is 5.56 Å². The van der Waals surface area contributed by atoms with E-state index >= 15 is 0 Å². The summed E-state index contributed by atoms with van der Waals surface area (Å²) in [6, 6.07) is 1.92. The molecule has 0 spiro atoms. The second-order valence-electron chi connectivity index (χ2n) is 6.08. The Hall–Kier alpha value is -1.38. The van der Waals surface area contributed by atoms with Crippen LogP contribution in [0.1, 0.15) is 56.0 Å². The maximum atomic E-state index is 11.9. The molecule has 0 N–H and O–H groups in total. The molecule has 1 saturated carbocycles. The van der Waals surface area contributed by atoms with Crippen molar-refractivity contribution < 1.29 is 9.53 Å². The number of hydrogen-bond donors (Lipinski definition) is 0. The predicted octanol–water partition coefficient (Wildman–Crippen LogP) is 3.38. The summed E-state index contributed by atoms with van der Waals surface area (Å²) in [7, 11) is 0. The lowest BCUT2D eigenvalue weighted by Gasteiger charge is -2.25. The van der Waals surface area contributed by atoms with Gasteiger partial charge >= 0.3 is 5.97 Å². The van der Waals surface area contributed by atoms with Gasteiger partial charge in [0, 0.05) is 12.4 Å². The number of esters is 1. The standard InChI is InChI=1S/C15H21NO2/c1-15(2,3)18-14(17)13-8-12(9-16-10-13)7-11-5-4-6-11/h8-11H,4-7H2,1-3H3. The van der Waals surface area contributed by atoms with Crippen molar-refractivity contribution in [2.24, 2.45) is 5.92 Å². The Balaban J connectivity index is 2.03. The third-order valence-corrected chi connectivity index (χ3v) is 3.18. The van der Waals surface area contributed by atoms with Gasteiger partial charge in [-0.05, 0) is 44.7 Å². The number of aromatic nitrogens is 1. The zero-order valence-electron chi connectivity index (χ0n) is 11.4. The summed E-state index contributed by atoms with van der Waals surface area (Å²) in [5, 5.41) is 0. The van der Waals surface area contributed by atoms with E-state index in [1.165, 1.54) is 19.3 Å². The number of carbonyl (C=O) groups is 1. The molecule has 0 aliphatic heterocycles. The fourth-order valence-corrected chi connectivity index (χ4v) is 2.08. The summed E-state index contributed by atoms with van der Waals surface area (Å²) in [4.78, 5) is 16.1. The van der Waals surface area contributed by atoms with Crippen LogP contribution in [0.4, 0.5) is 0 Å². The van der Waals surface area contributed by atoms with E-state index in [-0.39, 0.29) is 5.97 Å². The van der Waals surface area contributed by atoms with Crippen LogP contribution in [0.15, 0.2) is 18.5 Å². The van der Waals surface area contributed by atoms with E-state index in [1.54, 1.807) is 6.20 Å². The number of nitrogens with zero attached hydrogens (tertiary/aromatic N) is 1. The minimum absolute atomic E-state index is 0.287. The number of pyridine rings is 1. The monoisotopic (exact) mass is 247 g/mol. The highest BCUT2D eigenvalue weighted by Crippen LogP contribution is 2.29. The Bertz CT molecular complexity index is 430. The molecule has 0 aromatic carbocycles. The highest BCUT2D eigenvalue weighted by atomic mass is 16.6. The largest absolute Gasteiger partial charge is 0.456 e. The molecule has 0 radical (unpaired) electrons. The van der Waals surface area contributed by atoms with Gasteiger partial charge in [-0.15, -0.1) is 0 Å². The summed E-state index contributed by atoms with van der Waals surface area (Å²) in [6.07, 6.45) is 8.41. The molecule has 18 heavy (non-hydrogen) atoms. The molecule has 0 atom stereocenters. The van der Waals surface area contributed by atoms with Crippen LogP contribution < -0.4 is 0 Å². The van der Waals surface area contributed by atoms with Crippen LogP contribution in [0.5, 0.6) is 0 Å². The molecule has 1 heterocycles. The Morgan fingerprint density at radius 2 is 2.11 bits per heavy atom. The van der Waals surface area contributed by atoms with Crippen LogP contribution in [-0.4, -0.2) is 16.6 Å². The fraction of sp³-hybridized carbons (Fsp3) is 0.600. The highest BCUT2D eigenvalue weighted by molar-refractivity contribution is 5.89. The molecule has 3 heteroatoms. The van der Waals surface area contributed by atoms with E-state index in [4.69, 9.17) is 4.74 Å². The molecule has 0 saturated heterocycles. The van der Waals surface area contributed by atoms with Crippen LogP contribution >= 0.6 is 0 Å². The molecule has 1 aliphatic carbocycles. The second kappa shape index (κ2) is 5.09. The minimum atomic E-state index is -0.457. The van der Waals surface area contributed by atoms with Crippen molar-refractivity contribution in [3.8, 4) is 0 Å². The third-order valence-electron chi connectivity index (χ3n) is 3.18. The molecule has 2 rings (SSSR count). The maximum Gasteiger partial charge on any atom is 0.340 e. The van der Waals surface area contributed by atoms with Crippen molar-refractivity contribution in [1.29, 1.82) is 0 Å². The number of hydrogen-bond acceptors (Lipinski definition) is 3. The maximum absolute atomic E-state index is 11.9. The summed E-state index contributed by atoms with van der Waals surface area (Å²) in [5.41, 5.74) is 1.24. The lowest BCUT2D eigenvalue weighted by molar-refractivity contribution is 0.00689. The first-order valence-corrected chi connectivity index (χ1v) is 6.61. The quantitative estimate of drug-likeness (QED) is 0.769. The van der Waals surface area contributed by atoms with Crippen molar-refractivity contribution in [3.05, 3.63) is 29.6 Å². The van der Waals surface area contributed by atoms with Crippen molar-refractivity contribution in [2.45, 2.75) is 52.1 Å². The van der Waals surface area contributed by atoms with E-state index in [2.05, 4.69) is 4.98 Å². The Morgan fingerprint density at radius 3 is 2.67 bits per heavy atom. The summed E-state index contributed by atoms with van der Waals surface area (Å²) >= 11 is 0. The Labute approximate surface area is 109 Å². The number of ether oxygens (including phenoxy) is 1. The van der Waals surface area contributed by atoms with E-state index < -0.39 is 5.60 Å². The molecule has 1 aromatic rings. The third kappa shape index (κ3) is 3.56. The second-order valence-corrected chi connectivity index (χ2v) is 6.08. The van der Waals surface area contributed by atoms with Gasteiger partial charge in [-0.3, -0.25) is 4.98 Å². The van der Waals surface area contributed by atoms with Crippen LogP contribution in [-0.2, 0) is 11.2 Å². The summed E-state index contributed by atoms with van der Waals surface area (Å²) < 4.78 is 5.35. The minimum Gasteiger partial charge on any atom is -0.456 e. The smallest absolute Gasteiger partial charge is 0.340 e. The normalized spacial score (nSPS) is 16.2. The zero-order valence-corrected chi connectivity index (χ0v) is 11.4. The van der Waals surface area contributed by atoms with Crippen molar-refractivity contribution in [2.75, 3.05) is 0 Å². The topological polar surface area (TPSA) is 39.2 Å². The molecular weight excluding hydrogens is 226 g/mol. The average Bonchev–Trinajstić information content (AvgIpc) is 2.22. The van der Waals surface area contributed by atoms with Gasteiger partial charge < -0.3 is 4.74 Å². The molecule has 0 amide bonds. The molecular formula is C15H21NO2. The van der Waals surface area contributed by atoms with Crippen molar-refractivity contribution in [1.82, 2.24) is 4.98 Å². The predicted molar refractivity (Wildman–Crippen MR) is 70.5 cm³/mol. The summed E-state index contributed by atoms with van der Waals surface area (Å²) in [5.74, 6) is 0.492. The van der Waals surface area contributed by atoms with Gasteiger partial charge in [-0.25, -0.2) is 4.79 Å². The van der Waals surface area contributed by atoms with Gasteiger partial charge in [0.25, 0.3) is 0 Å². The van der Waals surface area contributed by atoms with E-state index in [0.29, 0.717) is 5.56 Å². The van der Waals surface area contributed by atoms with E-state index in [1.807, 2.05) is 33.0 Å². The van der Waals surface area contributed by atoms with Crippen LogP contribution in [0, 0.1) is 5.92 Å². The van der Waals surface area contributed by atoms with Crippen molar-refractivity contribution in [3.63, 3.8) is 0 Å². The van der Waals surface area contributed by atoms with E-state index in [9.17, 15) is 4.79 Å². The lowest BCUT2D eigenvalue weighted by atomic mass is 9.81. The van der Waals surface area contributed by atoms with Gasteiger partial charge in [-0.1, -0.05) is 19.3 Å². The highest BCUT2D eigenvalue weighted by Gasteiger charge is 2.20. The molecule has 98 valence electrons. The Morgan fingerprint density at radius 1 is 1.39 bits per heavy atom. The molecule has 1 aromatic heterocycles. The lowest BCUT2D eigenvalue weighted by Crippen LogP contribution is -2.24. The van der Waals surface area contributed by atoms with Crippen molar-refractivity contribution >= 4 is 5.97 Å². The van der Waals surface area contributed by atoms with Gasteiger partial charge in [0.2, 0.25) is 0 Å². The van der Waals surface area contributed by atoms with Crippen LogP contribution in [0.25, 0.3) is 0 Å². The average molecular weight is 247 g/mol. The summed E-state index contributed by atoms with van der Waals surface area (Å²) in [6.45, 7) is 5.61. The number of rotatable bonds is 3. The van der Waals surface area contributed by atoms with E-state index in [0.717, 1.165) is 17.9 Å². The van der Waals surface area contributed by atoms with Gasteiger partial charge in [0.15, 0.2) is 0 Å². The number of carbonyl (C=O) groups excluding carboxylic acids is 1. The van der Waals surface area contributed by atoms with Crippen LogP contribution in [0.3, 0.4) is 0 Å². The molecule has 1 aliphatic rings. The fourth-order valence-electron chi connectivity index (χ4n) is 2.08.